The van der Waals surface area contributed by atoms with E-state index in [1.54, 1.807) is 14.0 Å². The van der Waals surface area contributed by atoms with Gasteiger partial charge in [0, 0.05) is 7.05 Å². The molecule has 0 aromatic carbocycles. The van der Waals surface area contributed by atoms with Gasteiger partial charge in [0.2, 0.25) is 5.71 Å². The average molecular weight is 250 g/mol. The van der Waals surface area contributed by atoms with Crippen molar-refractivity contribution < 1.29 is 13.9 Å². The van der Waals surface area contributed by atoms with Crippen LogP contribution in [0.4, 0.5) is 0 Å². The molecular weight excluding hydrogens is 236 g/mol. The summed E-state index contributed by atoms with van der Waals surface area (Å²) < 4.78 is 11.7. The molecule has 0 radical (unpaired) electrons. The Bertz CT molecular complexity index is 654. The Hall–Kier alpha value is -2.11. The van der Waals surface area contributed by atoms with E-state index in [4.69, 9.17) is 9.15 Å². The van der Waals surface area contributed by atoms with Crippen LogP contribution in [0.5, 0.6) is 0 Å². The van der Waals surface area contributed by atoms with Crippen molar-refractivity contribution in [3.05, 3.63) is 28.0 Å². The Balaban J connectivity index is 2.63. The van der Waals surface area contributed by atoms with Gasteiger partial charge < -0.3 is 13.7 Å². The summed E-state index contributed by atoms with van der Waals surface area (Å²) in [7, 11) is 1.57. The van der Waals surface area contributed by atoms with Gasteiger partial charge in [-0.25, -0.2) is 9.78 Å². The zero-order valence-electron chi connectivity index (χ0n) is 10.5. The van der Waals surface area contributed by atoms with Crippen LogP contribution in [0.3, 0.4) is 0 Å². The monoisotopic (exact) mass is 250 g/mol. The van der Waals surface area contributed by atoms with Crippen LogP contribution in [0.2, 0.25) is 0 Å². The van der Waals surface area contributed by atoms with Gasteiger partial charge in [-0.05, 0) is 13.3 Å². The number of esters is 1. The first-order chi connectivity index (χ1) is 8.56. The molecule has 0 fully saturated rings. The van der Waals surface area contributed by atoms with Gasteiger partial charge >= 0.3 is 5.97 Å². The number of aryl methyl sites for hydroxylation is 2. The minimum absolute atomic E-state index is 0.166. The van der Waals surface area contributed by atoms with Crippen molar-refractivity contribution in [2.24, 2.45) is 7.05 Å². The number of hydrogen-bond donors (Lipinski definition) is 0. The highest BCUT2D eigenvalue weighted by Gasteiger charge is 2.23. The molecule has 2 aromatic rings. The Morgan fingerprint density at radius 2 is 2.28 bits per heavy atom. The average Bonchev–Trinajstić information content (AvgIpc) is 2.68. The topological polar surface area (TPSA) is 74.3 Å². The summed E-state index contributed by atoms with van der Waals surface area (Å²) in [5.74, 6) is -0.194. The maximum atomic E-state index is 12.0. The van der Waals surface area contributed by atoms with E-state index in [1.165, 1.54) is 10.9 Å². The predicted molar refractivity (Wildman–Crippen MR) is 64.6 cm³/mol. The molecule has 0 atom stereocenters. The Kier molecular flexibility index (Phi) is 3.18. The van der Waals surface area contributed by atoms with E-state index in [2.05, 4.69) is 4.98 Å². The summed E-state index contributed by atoms with van der Waals surface area (Å²) in [5.41, 5.74) is 0.0199. The lowest BCUT2D eigenvalue weighted by Crippen LogP contribution is -2.19. The Morgan fingerprint density at radius 1 is 1.56 bits per heavy atom. The molecule has 2 heterocycles. The third-order valence-corrected chi connectivity index (χ3v) is 2.59. The molecule has 0 aliphatic rings. The normalized spacial score (nSPS) is 10.8. The first-order valence-corrected chi connectivity index (χ1v) is 5.68. The number of rotatable bonds is 3. The van der Waals surface area contributed by atoms with Gasteiger partial charge in [0.05, 0.1) is 6.61 Å². The summed E-state index contributed by atoms with van der Waals surface area (Å²) in [4.78, 5) is 27.9. The van der Waals surface area contributed by atoms with Crippen LogP contribution in [-0.4, -0.2) is 22.1 Å². The van der Waals surface area contributed by atoms with Crippen LogP contribution >= 0.6 is 0 Å². The zero-order chi connectivity index (χ0) is 13.3. The van der Waals surface area contributed by atoms with E-state index in [9.17, 15) is 9.59 Å². The van der Waals surface area contributed by atoms with E-state index in [-0.39, 0.29) is 22.2 Å². The third-order valence-electron chi connectivity index (χ3n) is 2.59. The van der Waals surface area contributed by atoms with Crippen molar-refractivity contribution in [1.29, 1.82) is 0 Å². The van der Waals surface area contributed by atoms with E-state index in [1.807, 2.05) is 6.92 Å². The fraction of sp³-hybridized carbons (Fsp3) is 0.417. The fourth-order valence-corrected chi connectivity index (χ4v) is 1.70. The number of fused-ring (bicyclic) bond motifs is 1. The SMILES string of the molecule is CCCOC(=O)c1c(C)oc2ncn(C)c(=O)c12. The summed E-state index contributed by atoms with van der Waals surface area (Å²) >= 11 is 0. The zero-order valence-corrected chi connectivity index (χ0v) is 10.5. The van der Waals surface area contributed by atoms with Gasteiger partial charge in [-0.1, -0.05) is 6.92 Å². The van der Waals surface area contributed by atoms with Gasteiger partial charge in [-0.2, -0.15) is 0 Å². The molecule has 96 valence electrons. The highest BCUT2D eigenvalue weighted by Crippen LogP contribution is 2.21. The molecule has 0 unspecified atom stereocenters. The van der Waals surface area contributed by atoms with Crippen molar-refractivity contribution >= 4 is 17.1 Å². The summed E-state index contributed by atoms with van der Waals surface area (Å²) in [6.07, 6.45) is 2.07. The lowest BCUT2D eigenvalue weighted by molar-refractivity contribution is 0.0505. The smallest absolute Gasteiger partial charge is 0.342 e. The van der Waals surface area contributed by atoms with Gasteiger partial charge in [-0.3, -0.25) is 4.79 Å². The molecular formula is C12H14N2O4. The highest BCUT2D eigenvalue weighted by molar-refractivity contribution is 6.03. The molecule has 0 N–H and O–H groups in total. The van der Waals surface area contributed by atoms with Crippen molar-refractivity contribution in [2.45, 2.75) is 20.3 Å². The molecule has 2 aromatic heterocycles. The summed E-state index contributed by atoms with van der Waals surface area (Å²) in [5, 5.41) is 0.179. The van der Waals surface area contributed by atoms with Crippen LogP contribution in [0.15, 0.2) is 15.5 Å². The van der Waals surface area contributed by atoms with Crippen molar-refractivity contribution in [3.63, 3.8) is 0 Å². The first kappa shape index (κ1) is 12.3. The largest absolute Gasteiger partial charge is 0.462 e. The molecule has 0 bridgehead atoms. The number of ether oxygens (including phenoxy) is 1. The second-order valence-corrected chi connectivity index (χ2v) is 4.01. The number of nitrogens with zero attached hydrogens (tertiary/aromatic N) is 2. The van der Waals surface area contributed by atoms with E-state index in [0.717, 1.165) is 6.42 Å². The van der Waals surface area contributed by atoms with Crippen molar-refractivity contribution in [2.75, 3.05) is 6.61 Å². The molecule has 18 heavy (non-hydrogen) atoms. The van der Waals surface area contributed by atoms with Crippen molar-refractivity contribution in [1.82, 2.24) is 9.55 Å². The molecule has 0 aliphatic carbocycles. The van der Waals surface area contributed by atoms with Crippen LogP contribution in [0.1, 0.15) is 29.5 Å². The van der Waals surface area contributed by atoms with E-state index < -0.39 is 5.97 Å². The van der Waals surface area contributed by atoms with Crippen LogP contribution in [0.25, 0.3) is 11.1 Å². The maximum Gasteiger partial charge on any atom is 0.342 e. The second kappa shape index (κ2) is 4.64. The minimum atomic E-state index is -0.543. The number of aromatic nitrogens is 2. The fourth-order valence-electron chi connectivity index (χ4n) is 1.70. The molecule has 0 saturated heterocycles. The first-order valence-electron chi connectivity index (χ1n) is 5.68. The third kappa shape index (κ3) is 1.90. The summed E-state index contributed by atoms with van der Waals surface area (Å²) in [6.45, 7) is 3.82. The molecule has 0 amide bonds. The lowest BCUT2D eigenvalue weighted by atomic mass is 10.2. The number of furan rings is 1. The number of carbonyl (C=O) groups is 1. The van der Waals surface area contributed by atoms with Gasteiger partial charge in [0.1, 0.15) is 23.0 Å². The number of carbonyl (C=O) groups excluding carboxylic acids is 1. The molecule has 0 aliphatic heterocycles. The number of hydrogen-bond acceptors (Lipinski definition) is 5. The van der Waals surface area contributed by atoms with Crippen molar-refractivity contribution in [3.8, 4) is 0 Å². The van der Waals surface area contributed by atoms with Crippen LogP contribution in [0, 0.1) is 6.92 Å². The molecule has 6 heteroatoms. The van der Waals surface area contributed by atoms with E-state index in [0.29, 0.717) is 12.4 Å². The van der Waals surface area contributed by atoms with Gasteiger partial charge in [0.25, 0.3) is 5.56 Å². The van der Waals surface area contributed by atoms with Gasteiger partial charge in [-0.15, -0.1) is 0 Å². The molecule has 6 nitrogen and oxygen atoms in total. The lowest BCUT2D eigenvalue weighted by Gasteiger charge is -2.01. The van der Waals surface area contributed by atoms with Gasteiger partial charge in [0.15, 0.2) is 0 Å². The van der Waals surface area contributed by atoms with Crippen LogP contribution in [-0.2, 0) is 11.8 Å². The molecule has 0 saturated carbocycles. The minimum Gasteiger partial charge on any atom is -0.462 e. The highest BCUT2D eigenvalue weighted by atomic mass is 16.5. The standard InChI is InChI=1S/C12H14N2O4/c1-4-5-17-12(16)8-7(2)18-10-9(8)11(15)14(3)6-13-10/h6H,4-5H2,1-3H3. The van der Waals surface area contributed by atoms with Crippen LogP contribution < -0.4 is 5.56 Å². The second-order valence-electron chi connectivity index (χ2n) is 4.01. The quantitative estimate of drug-likeness (QED) is 0.770. The predicted octanol–water partition coefficient (Wildman–Crippen LogP) is 1.40. The Labute approximate surface area is 103 Å². The molecule has 2 rings (SSSR count). The maximum absolute atomic E-state index is 12.0. The summed E-state index contributed by atoms with van der Waals surface area (Å²) in [6, 6.07) is 0. The van der Waals surface area contributed by atoms with E-state index >= 15 is 0 Å². The molecule has 0 spiro atoms. The Morgan fingerprint density at radius 3 is 2.94 bits per heavy atom.